The molecule has 4 rings (SSSR count). The van der Waals surface area contributed by atoms with E-state index in [0.717, 1.165) is 34.9 Å². The molecule has 3 aromatic rings. The molecule has 0 atom stereocenters. The zero-order chi connectivity index (χ0) is 19.7. The SMILES string of the molecule is N#CC(=Cc1cn(Cc2ccc(Cl)c(Cl)c2)c2ccccc12)C(=O)NC1CC1. The van der Waals surface area contributed by atoms with Crippen LogP contribution in [0.2, 0.25) is 10.0 Å². The van der Waals surface area contributed by atoms with E-state index in [0.29, 0.717) is 16.6 Å². The first kappa shape index (κ1) is 18.6. The summed E-state index contributed by atoms with van der Waals surface area (Å²) in [6.45, 7) is 0.599. The normalized spacial score (nSPS) is 14.1. The number of halogens is 2. The second-order valence-corrected chi connectivity index (χ2v) is 7.71. The lowest BCUT2D eigenvalue weighted by Crippen LogP contribution is -2.26. The van der Waals surface area contributed by atoms with Crippen LogP contribution in [0.15, 0.2) is 54.2 Å². The monoisotopic (exact) mass is 409 g/mol. The molecule has 1 amide bonds. The molecule has 0 unspecified atom stereocenters. The molecule has 1 heterocycles. The zero-order valence-electron chi connectivity index (χ0n) is 15.0. The number of aromatic nitrogens is 1. The second-order valence-electron chi connectivity index (χ2n) is 6.90. The maximum Gasteiger partial charge on any atom is 0.262 e. The first-order chi connectivity index (χ1) is 13.5. The molecule has 6 heteroatoms. The molecule has 140 valence electrons. The van der Waals surface area contributed by atoms with Crippen LogP contribution >= 0.6 is 23.2 Å². The summed E-state index contributed by atoms with van der Waals surface area (Å²) in [6.07, 6.45) is 5.57. The highest BCUT2D eigenvalue weighted by Gasteiger charge is 2.25. The molecule has 1 aromatic heterocycles. The maximum atomic E-state index is 12.3. The Hall–Kier alpha value is -2.74. The Bertz CT molecular complexity index is 1140. The van der Waals surface area contributed by atoms with Crippen LogP contribution in [0.1, 0.15) is 24.0 Å². The summed E-state index contributed by atoms with van der Waals surface area (Å²) >= 11 is 12.2. The van der Waals surface area contributed by atoms with E-state index in [4.69, 9.17) is 23.2 Å². The van der Waals surface area contributed by atoms with Crippen LogP contribution in [-0.4, -0.2) is 16.5 Å². The van der Waals surface area contributed by atoms with Gasteiger partial charge in [-0.15, -0.1) is 0 Å². The molecule has 1 aliphatic carbocycles. The van der Waals surface area contributed by atoms with Crippen LogP contribution in [0, 0.1) is 11.3 Å². The number of hydrogen-bond donors (Lipinski definition) is 1. The molecule has 28 heavy (non-hydrogen) atoms. The summed E-state index contributed by atoms with van der Waals surface area (Å²) in [7, 11) is 0. The van der Waals surface area contributed by atoms with Gasteiger partial charge >= 0.3 is 0 Å². The highest BCUT2D eigenvalue weighted by molar-refractivity contribution is 6.42. The fraction of sp³-hybridized carbons (Fsp3) is 0.182. The van der Waals surface area contributed by atoms with Crippen molar-refractivity contribution < 1.29 is 4.79 Å². The second kappa shape index (κ2) is 7.71. The summed E-state index contributed by atoms with van der Waals surface area (Å²) in [6, 6.07) is 15.7. The minimum atomic E-state index is -0.314. The third-order valence-corrected chi connectivity index (χ3v) is 5.47. The van der Waals surface area contributed by atoms with Gasteiger partial charge in [-0.05, 0) is 42.7 Å². The number of fused-ring (bicyclic) bond motifs is 1. The van der Waals surface area contributed by atoms with Gasteiger partial charge in [0, 0.05) is 35.2 Å². The smallest absolute Gasteiger partial charge is 0.262 e. The quantitative estimate of drug-likeness (QED) is 0.465. The topological polar surface area (TPSA) is 57.8 Å². The molecule has 0 radical (unpaired) electrons. The minimum absolute atomic E-state index is 0.115. The average molecular weight is 410 g/mol. The number of rotatable bonds is 5. The standard InChI is InChI=1S/C22H17Cl2N3O/c23-19-8-5-14(9-20(19)24)12-27-13-16(18-3-1-2-4-21(18)27)10-15(11-25)22(28)26-17-6-7-17/h1-5,8-10,13,17H,6-7,12H2,(H,26,28). The lowest BCUT2D eigenvalue weighted by atomic mass is 10.1. The third-order valence-electron chi connectivity index (χ3n) is 4.73. The first-order valence-electron chi connectivity index (χ1n) is 8.99. The van der Waals surface area contributed by atoms with E-state index in [-0.39, 0.29) is 17.5 Å². The maximum absolute atomic E-state index is 12.3. The minimum Gasteiger partial charge on any atom is -0.349 e. The van der Waals surface area contributed by atoms with E-state index >= 15 is 0 Å². The van der Waals surface area contributed by atoms with Crippen molar-refractivity contribution in [3.8, 4) is 6.07 Å². The van der Waals surface area contributed by atoms with Crippen molar-refractivity contribution in [2.45, 2.75) is 25.4 Å². The van der Waals surface area contributed by atoms with Gasteiger partial charge in [-0.1, -0.05) is 47.5 Å². The van der Waals surface area contributed by atoms with Crippen LogP contribution in [0.4, 0.5) is 0 Å². The van der Waals surface area contributed by atoms with E-state index in [9.17, 15) is 10.1 Å². The van der Waals surface area contributed by atoms with E-state index in [2.05, 4.69) is 9.88 Å². The Morgan fingerprint density at radius 1 is 1.21 bits per heavy atom. The van der Waals surface area contributed by atoms with Gasteiger partial charge in [0.2, 0.25) is 0 Å². The molecule has 2 aromatic carbocycles. The van der Waals surface area contributed by atoms with Gasteiger partial charge in [-0.2, -0.15) is 5.26 Å². The van der Waals surface area contributed by atoms with E-state index < -0.39 is 0 Å². The molecule has 1 saturated carbocycles. The number of nitrogens with zero attached hydrogens (tertiary/aromatic N) is 2. The number of hydrogen-bond acceptors (Lipinski definition) is 2. The third kappa shape index (κ3) is 3.91. The Morgan fingerprint density at radius 2 is 2.00 bits per heavy atom. The molecule has 0 spiro atoms. The number of amides is 1. The molecular weight excluding hydrogens is 393 g/mol. The lowest BCUT2D eigenvalue weighted by Gasteiger charge is -2.06. The van der Waals surface area contributed by atoms with Crippen molar-refractivity contribution in [2.24, 2.45) is 0 Å². The van der Waals surface area contributed by atoms with E-state index in [1.54, 1.807) is 12.1 Å². The number of para-hydroxylation sites is 1. The van der Waals surface area contributed by atoms with Crippen molar-refractivity contribution in [2.75, 3.05) is 0 Å². The van der Waals surface area contributed by atoms with Crippen molar-refractivity contribution in [1.29, 1.82) is 5.26 Å². The van der Waals surface area contributed by atoms with Crippen molar-refractivity contribution in [3.63, 3.8) is 0 Å². The van der Waals surface area contributed by atoms with Gasteiger partial charge in [0.25, 0.3) is 5.91 Å². The molecule has 1 fully saturated rings. The summed E-state index contributed by atoms with van der Waals surface area (Å²) in [4.78, 5) is 12.3. The van der Waals surface area contributed by atoms with E-state index in [1.807, 2.05) is 48.7 Å². The van der Waals surface area contributed by atoms with Gasteiger partial charge < -0.3 is 9.88 Å². The first-order valence-corrected chi connectivity index (χ1v) is 9.75. The van der Waals surface area contributed by atoms with Crippen LogP contribution in [0.5, 0.6) is 0 Å². The lowest BCUT2D eigenvalue weighted by molar-refractivity contribution is -0.117. The predicted octanol–water partition coefficient (Wildman–Crippen LogP) is 5.18. The number of carbonyl (C=O) groups excluding carboxylic acids is 1. The average Bonchev–Trinajstić information content (AvgIpc) is 3.44. The Balaban J connectivity index is 1.71. The van der Waals surface area contributed by atoms with Gasteiger partial charge in [-0.25, -0.2) is 0 Å². The fourth-order valence-electron chi connectivity index (χ4n) is 3.15. The molecule has 0 saturated heterocycles. The van der Waals surface area contributed by atoms with Crippen LogP contribution in [0.3, 0.4) is 0 Å². The predicted molar refractivity (Wildman–Crippen MR) is 112 cm³/mol. The van der Waals surface area contributed by atoms with Gasteiger partial charge in [-0.3, -0.25) is 4.79 Å². The molecule has 1 aliphatic rings. The Morgan fingerprint density at radius 3 is 2.71 bits per heavy atom. The van der Waals surface area contributed by atoms with E-state index in [1.165, 1.54) is 0 Å². The van der Waals surface area contributed by atoms with Crippen molar-refractivity contribution >= 4 is 46.1 Å². The van der Waals surface area contributed by atoms with Crippen molar-refractivity contribution in [3.05, 3.63) is 75.4 Å². The van der Waals surface area contributed by atoms with Crippen LogP contribution in [0.25, 0.3) is 17.0 Å². The molecule has 4 nitrogen and oxygen atoms in total. The zero-order valence-corrected chi connectivity index (χ0v) is 16.5. The van der Waals surface area contributed by atoms with Crippen LogP contribution < -0.4 is 5.32 Å². The largest absolute Gasteiger partial charge is 0.349 e. The highest BCUT2D eigenvalue weighted by atomic mass is 35.5. The molecule has 1 N–H and O–H groups in total. The van der Waals surface area contributed by atoms with Crippen molar-refractivity contribution in [1.82, 2.24) is 9.88 Å². The molecule has 0 bridgehead atoms. The number of benzene rings is 2. The summed E-state index contributed by atoms with van der Waals surface area (Å²) in [5.41, 5.74) is 2.97. The van der Waals surface area contributed by atoms with Gasteiger partial charge in [0.1, 0.15) is 11.6 Å². The highest BCUT2D eigenvalue weighted by Crippen LogP contribution is 2.27. The fourth-order valence-corrected chi connectivity index (χ4v) is 3.47. The summed E-state index contributed by atoms with van der Waals surface area (Å²) < 4.78 is 2.08. The number of nitrogens with one attached hydrogen (secondary N) is 1. The summed E-state index contributed by atoms with van der Waals surface area (Å²) in [5, 5.41) is 14.3. The Labute approximate surface area is 173 Å². The summed E-state index contributed by atoms with van der Waals surface area (Å²) in [5.74, 6) is -0.314. The number of carbonyl (C=O) groups is 1. The van der Waals surface area contributed by atoms with Gasteiger partial charge in [0.05, 0.1) is 10.0 Å². The molecular formula is C22H17Cl2N3O. The number of nitriles is 1. The van der Waals surface area contributed by atoms with Gasteiger partial charge in [0.15, 0.2) is 0 Å². The molecule has 0 aliphatic heterocycles. The van der Waals surface area contributed by atoms with Crippen LogP contribution in [-0.2, 0) is 11.3 Å². The Kier molecular flexibility index (Phi) is 5.13.